The monoisotopic (exact) mass is 540 g/mol. The van der Waals surface area contributed by atoms with E-state index >= 15 is 0 Å². The van der Waals surface area contributed by atoms with Crippen molar-refractivity contribution in [3.8, 4) is 0 Å². The molecule has 0 saturated heterocycles. The predicted molar refractivity (Wildman–Crippen MR) is 138 cm³/mol. The maximum Gasteiger partial charge on any atom is 0.326 e. The summed E-state index contributed by atoms with van der Waals surface area (Å²) in [6.07, 6.45) is 4.54. The van der Waals surface area contributed by atoms with Crippen LogP contribution in [-0.2, 0) is 38.4 Å². The van der Waals surface area contributed by atoms with E-state index in [4.69, 9.17) is 5.73 Å². The molecule has 0 saturated carbocycles. The lowest BCUT2D eigenvalue weighted by atomic mass is 10.0. The number of H-pyrrole nitrogens is 2. The Kier molecular flexibility index (Phi) is 10.3. The molecule has 208 valence electrons. The summed E-state index contributed by atoms with van der Waals surface area (Å²) in [5.74, 6) is -3.47. The quantitative estimate of drug-likeness (QED) is 0.118. The maximum atomic E-state index is 13.4. The summed E-state index contributed by atoms with van der Waals surface area (Å²) in [7, 11) is 0. The van der Waals surface area contributed by atoms with Gasteiger partial charge < -0.3 is 41.9 Å². The zero-order valence-corrected chi connectivity index (χ0v) is 21.2. The minimum Gasteiger partial charge on any atom is -0.480 e. The van der Waals surface area contributed by atoms with E-state index in [2.05, 4.69) is 35.9 Å². The van der Waals surface area contributed by atoms with Crippen molar-refractivity contribution < 1.29 is 29.4 Å². The summed E-state index contributed by atoms with van der Waals surface area (Å²) in [6, 6.07) is 3.90. The van der Waals surface area contributed by atoms with Gasteiger partial charge in [0.25, 0.3) is 0 Å². The number of aliphatic hydroxyl groups is 1. The normalized spacial score (nSPS) is 14.8. The molecule has 14 nitrogen and oxygen atoms in total. The van der Waals surface area contributed by atoms with Crippen molar-refractivity contribution in [2.24, 2.45) is 5.73 Å². The van der Waals surface area contributed by atoms with E-state index in [0.29, 0.717) is 17.0 Å². The number of carbonyl (C=O) groups is 4. The molecule has 5 unspecified atom stereocenters. The SMILES string of the molecule is CC(O)C(N)C(=O)NC(Cc1cnc[nH]1)C(=O)NC(Cc1ccccc1)C(=O)NC(Cc1cnc[nH]1)C(=O)O. The third-order valence-corrected chi connectivity index (χ3v) is 5.94. The first-order valence-corrected chi connectivity index (χ1v) is 12.2. The first kappa shape index (κ1) is 29.0. The Morgan fingerprint density at radius 3 is 1.79 bits per heavy atom. The minimum absolute atomic E-state index is 0.0125. The predicted octanol–water partition coefficient (Wildman–Crippen LogP) is -1.59. The van der Waals surface area contributed by atoms with Gasteiger partial charge in [-0.15, -0.1) is 0 Å². The Labute approximate surface area is 223 Å². The molecule has 0 bridgehead atoms. The molecule has 5 atom stereocenters. The molecule has 3 amide bonds. The van der Waals surface area contributed by atoms with Crippen molar-refractivity contribution in [3.05, 3.63) is 72.3 Å². The number of hydrogen-bond donors (Lipinski definition) is 8. The molecule has 2 heterocycles. The Bertz CT molecular complexity index is 1220. The highest BCUT2D eigenvalue weighted by atomic mass is 16.4. The summed E-state index contributed by atoms with van der Waals surface area (Å²) in [5.41, 5.74) is 7.47. The van der Waals surface area contributed by atoms with Crippen LogP contribution in [0.25, 0.3) is 0 Å². The van der Waals surface area contributed by atoms with Crippen molar-refractivity contribution in [1.29, 1.82) is 0 Å². The van der Waals surface area contributed by atoms with Gasteiger partial charge in [-0.1, -0.05) is 30.3 Å². The number of carboxylic acids is 1. The lowest BCUT2D eigenvalue weighted by Crippen LogP contribution is -2.59. The minimum atomic E-state index is -1.29. The van der Waals surface area contributed by atoms with Gasteiger partial charge in [-0.3, -0.25) is 14.4 Å². The van der Waals surface area contributed by atoms with Crippen molar-refractivity contribution in [2.75, 3.05) is 0 Å². The number of carbonyl (C=O) groups excluding carboxylic acids is 3. The number of amides is 3. The molecule has 0 aliphatic carbocycles. The van der Waals surface area contributed by atoms with Crippen LogP contribution in [0.4, 0.5) is 0 Å². The van der Waals surface area contributed by atoms with Crippen LogP contribution in [0.5, 0.6) is 0 Å². The molecule has 1 aromatic carbocycles. The van der Waals surface area contributed by atoms with E-state index in [0.717, 1.165) is 0 Å². The fraction of sp³-hybridized carbons (Fsp3) is 0.360. The van der Waals surface area contributed by atoms with Gasteiger partial charge in [0.15, 0.2) is 0 Å². The molecule has 39 heavy (non-hydrogen) atoms. The van der Waals surface area contributed by atoms with Crippen LogP contribution in [0.15, 0.2) is 55.4 Å². The van der Waals surface area contributed by atoms with Gasteiger partial charge in [-0.05, 0) is 12.5 Å². The number of rotatable bonds is 14. The summed E-state index contributed by atoms with van der Waals surface area (Å²) < 4.78 is 0. The highest BCUT2D eigenvalue weighted by Crippen LogP contribution is 2.08. The molecule has 0 aliphatic heterocycles. The molecule has 0 fully saturated rings. The third kappa shape index (κ3) is 8.76. The molecular weight excluding hydrogens is 508 g/mol. The number of aromatic nitrogens is 4. The number of aliphatic hydroxyl groups excluding tert-OH is 1. The molecule has 9 N–H and O–H groups in total. The van der Waals surface area contributed by atoms with Gasteiger partial charge in [-0.2, -0.15) is 0 Å². The Hall–Kier alpha value is -4.56. The number of nitrogens with one attached hydrogen (secondary N) is 5. The van der Waals surface area contributed by atoms with Gasteiger partial charge in [-0.25, -0.2) is 14.8 Å². The number of imidazole rings is 2. The van der Waals surface area contributed by atoms with Crippen LogP contribution in [0.1, 0.15) is 23.9 Å². The number of nitrogens with two attached hydrogens (primary N) is 1. The van der Waals surface area contributed by atoms with Crippen LogP contribution in [0.2, 0.25) is 0 Å². The van der Waals surface area contributed by atoms with E-state index in [1.165, 1.54) is 32.0 Å². The lowest BCUT2D eigenvalue weighted by Gasteiger charge is -2.25. The second kappa shape index (κ2) is 13.8. The van der Waals surface area contributed by atoms with Crippen molar-refractivity contribution >= 4 is 23.7 Å². The average molecular weight is 541 g/mol. The molecule has 2 aromatic heterocycles. The highest BCUT2D eigenvalue weighted by Gasteiger charge is 2.31. The zero-order valence-electron chi connectivity index (χ0n) is 21.2. The number of nitrogens with zero attached hydrogens (tertiary/aromatic N) is 2. The molecule has 0 spiro atoms. The highest BCUT2D eigenvalue weighted by molar-refractivity contribution is 5.94. The first-order chi connectivity index (χ1) is 18.6. The summed E-state index contributed by atoms with van der Waals surface area (Å²) in [5, 5.41) is 27.0. The molecule has 3 aromatic rings. The van der Waals surface area contributed by atoms with E-state index < -0.39 is 54.0 Å². The Morgan fingerprint density at radius 1 is 0.821 bits per heavy atom. The fourth-order valence-corrected chi connectivity index (χ4v) is 3.73. The second-order valence-corrected chi connectivity index (χ2v) is 9.04. The van der Waals surface area contributed by atoms with Crippen LogP contribution in [0.3, 0.4) is 0 Å². The Morgan fingerprint density at radius 2 is 1.31 bits per heavy atom. The maximum absolute atomic E-state index is 13.4. The van der Waals surface area contributed by atoms with Crippen LogP contribution in [0, 0.1) is 0 Å². The summed E-state index contributed by atoms with van der Waals surface area (Å²) in [4.78, 5) is 64.6. The smallest absolute Gasteiger partial charge is 0.326 e. The van der Waals surface area contributed by atoms with Crippen LogP contribution >= 0.6 is 0 Å². The molecule has 0 radical (unpaired) electrons. The van der Waals surface area contributed by atoms with Gasteiger partial charge in [0.05, 0.1) is 18.8 Å². The topological polar surface area (TPSA) is 228 Å². The van der Waals surface area contributed by atoms with Gasteiger partial charge in [0.1, 0.15) is 24.2 Å². The standard InChI is InChI=1S/C25H32N8O6/c1-14(34)21(26)24(37)32-19(8-16-10-27-12-29-16)23(36)31-18(7-15-5-3-2-4-6-15)22(35)33-20(25(38)39)9-17-11-28-13-30-17/h2-6,10-14,18-21,34H,7-9,26H2,1H3,(H,27,29)(H,28,30)(H,31,36)(H,32,37)(H,33,35)(H,38,39). The largest absolute Gasteiger partial charge is 0.480 e. The number of aliphatic carboxylic acids is 1. The fourth-order valence-electron chi connectivity index (χ4n) is 3.73. The van der Waals surface area contributed by atoms with Crippen molar-refractivity contribution in [1.82, 2.24) is 35.9 Å². The van der Waals surface area contributed by atoms with Crippen molar-refractivity contribution in [2.45, 2.75) is 56.5 Å². The van der Waals surface area contributed by atoms with Gasteiger partial charge in [0.2, 0.25) is 17.7 Å². The second-order valence-electron chi connectivity index (χ2n) is 9.04. The number of carboxylic acid groups (broad SMARTS) is 1. The van der Waals surface area contributed by atoms with Crippen molar-refractivity contribution in [3.63, 3.8) is 0 Å². The van der Waals surface area contributed by atoms with E-state index in [1.807, 2.05) is 0 Å². The number of benzene rings is 1. The first-order valence-electron chi connectivity index (χ1n) is 12.2. The third-order valence-electron chi connectivity index (χ3n) is 5.94. The van der Waals surface area contributed by atoms with Gasteiger partial charge in [0, 0.05) is 43.0 Å². The molecule has 0 aliphatic rings. The number of aromatic amines is 2. The summed E-state index contributed by atoms with van der Waals surface area (Å²) >= 11 is 0. The van der Waals surface area contributed by atoms with E-state index in [-0.39, 0.29) is 19.3 Å². The molecule has 3 rings (SSSR count). The average Bonchev–Trinajstić information content (AvgIpc) is 3.62. The molecule has 14 heteroatoms. The zero-order chi connectivity index (χ0) is 28.4. The van der Waals surface area contributed by atoms with E-state index in [1.54, 1.807) is 30.3 Å². The Balaban J connectivity index is 1.81. The van der Waals surface area contributed by atoms with Crippen LogP contribution in [-0.4, -0.2) is 84.1 Å². The summed E-state index contributed by atoms with van der Waals surface area (Å²) in [6.45, 7) is 1.34. The lowest BCUT2D eigenvalue weighted by molar-refractivity contribution is -0.142. The van der Waals surface area contributed by atoms with E-state index in [9.17, 15) is 29.4 Å². The number of hydrogen-bond acceptors (Lipinski definition) is 8. The van der Waals surface area contributed by atoms with Crippen LogP contribution < -0.4 is 21.7 Å². The molecular formula is C25H32N8O6. The van der Waals surface area contributed by atoms with Gasteiger partial charge >= 0.3 is 5.97 Å².